The number of allylic oxidation sites excluding steroid dienone is 5. The first-order valence-electron chi connectivity index (χ1n) is 10.1. The van der Waals surface area contributed by atoms with Crippen molar-refractivity contribution in [3.05, 3.63) is 127 Å². The van der Waals surface area contributed by atoms with Crippen LogP contribution in [-0.2, 0) is 4.79 Å². The van der Waals surface area contributed by atoms with Gasteiger partial charge < -0.3 is 5.11 Å². The standard InChI is InChI=1S/C27H22NO2P/c29-27(30)21-20-22-12-10-11-19-26(22)28(23-13-4-1-5-14-23)31(24-15-6-2-7-16-24)25-17-8-3-9-18-25/h1-18,20-21H,19H2/p+1. The number of rotatable bonds is 6. The fourth-order valence-electron chi connectivity index (χ4n) is 3.57. The molecule has 0 saturated carbocycles. The zero-order valence-electron chi connectivity index (χ0n) is 17.0. The Hall–Kier alpha value is -3.55. The SMILES string of the molecule is O=C(O)C=CC1=CC=CCC1=[N+](c1ccccc1)P(c1ccccc1)c1ccccc1. The summed E-state index contributed by atoms with van der Waals surface area (Å²) in [5, 5.41) is 11.7. The Labute approximate surface area is 183 Å². The summed E-state index contributed by atoms with van der Waals surface area (Å²) in [5.74, 6) is -0.950. The Balaban J connectivity index is 2.00. The third-order valence-corrected chi connectivity index (χ3v) is 7.37. The molecular formula is C27H23NO2P+. The molecule has 0 saturated heterocycles. The van der Waals surface area contributed by atoms with E-state index in [9.17, 15) is 9.90 Å². The smallest absolute Gasteiger partial charge is 0.328 e. The third-order valence-electron chi connectivity index (χ3n) is 4.92. The van der Waals surface area contributed by atoms with E-state index in [1.165, 1.54) is 16.7 Å². The predicted octanol–water partition coefficient (Wildman–Crippen LogP) is 5.35. The van der Waals surface area contributed by atoms with E-state index < -0.39 is 14.0 Å². The number of nitrogens with zero attached hydrogens (tertiary/aromatic N) is 1. The first-order valence-corrected chi connectivity index (χ1v) is 11.4. The molecule has 4 rings (SSSR count). The zero-order chi connectivity index (χ0) is 21.5. The summed E-state index contributed by atoms with van der Waals surface area (Å²) >= 11 is 0. The van der Waals surface area contributed by atoms with E-state index >= 15 is 0 Å². The molecule has 0 radical (unpaired) electrons. The average molecular weight is 424 g/mol. The lowest BCUT2D eigenvalue weighted by molar-refractivity contribution is -0.253. The van der Waals surface area contributed by atoms with Crippen molar-refractivity contribution >= 4 is 36.0 Å². The van der Waals surface area contributed by atoms with Crippen molar-refractivity contribution in [3.63, 3.8) is 0 Å². The molecule has 0 spiro atoms. The fraction of sp³-hybridized carbons (Fsp3) is 0.0370. The van der Waals surface area contributed by atoms with E-state index in [4.69, 9.17) is 0 Å². The Morgan fingerprint density at radius 3 is 1.94 bits per heavy atom. The van der Waals surface area contributed by atoms with Crippen molar-refractivity contribution in [2.24, 2.45) is 0 Å². The molecule has 1 aliphatic carbocycles. The van der Waals surface area contributed by atoms with E-state index in [0.717, 1.165) is 23.4 Å². The number of carboxylic acids is 1. The first kappa shape index (κ1) is 20.7. The second-order valence-corrected chi connectivity index (χ2v) is 9.06. The van der Waals surface area contributed by atoms with Crippen molar-refractivity contribution < 1.29 is 14.2 Å². The van der Waals surface area contributed by atoms with Crippen LogP contribution in [0.3, 0.4) is 0 Å². The van der Waals surface area contributed by atoms with Gasteiger partial charge in [0.05, 0.1) is 6.42 Å². The van der Waals surface area contributed by atoms with Gasteiger partial charge in [0.15, 0.2) is 5.71 Å². The summed E-state index contributed by atoms with van der Waals surface area (Å²) in [6.07, 6.45) is 9.72. The Kier molecular flexibility index (Phi) is 6.66. The minimum Gasteiger partial charge on any atom is -0.478 e. The van der Waals surface area contributed by atoms with Crippen LogP contribution in [0.2, 0.25) is 0 Å². The van der Waals surface area contributed by atoms with Gasteiger partial charge in [-0.1, -0.05) is 66.7 Å². The minimum absolute atomic E-state index is 0.725. The van der Waals surface area contributed by atoms with E-state index in [2.05, 4.69) is 71.1 Å². The molecule has 31 heavy (non-hydrogen) atoms. The van der Waals surface area contributed by atoms with Crippen LogP contribution in [0.4, 0.5) is 5.69 Å². The van der Waals surface area contributed by atoms with Gasteiger partial charge >= 0.3 is 5.97 Å². The van der Waals surface area contributed by atoms with E-state index in [-0.39, 0.29) is 0 Å². The maximum Gasteiger partial charge on any atom is 0.328 e. The van der Waals surface area contributed by atoms with Crippen LogP contribution in [0, 0.1) is 0 Å². The summed E-state index contributed by atoms with van der Waals surface area (Å²) in [4.78, 5) is 11.2. The van der Waals surface area contributed by atoms with Crippen LogP contribution in [0.15, 0.2) is 127 Å². The molecule has 0 bridgehead atoms. The summed E-state index contributed by atoms with van der Waals surface area (Å²) in [6, 6.07) is 31.4. The molecule has 4 heteroatoms. The Morgan fingerprint density at radius 2 is 1.39 bits per heavy atom. The third kappa shape index (κ3) is 4.96. The number of benzene rings is 3. The van der Waals surface area contributed by atoms with Gasteiger partial charge in [0.25, 0.3) is 8.07 Å². The molecule has 0 aliphatic heterocycles. The largest absolute Gasteiger partial charge is 0.478 e. The van der Waals surface area contributed by atoms with Gasteiger partial charge in [-0.25, -0.2) is 4.79 Å². The highest BCUT2D eigenvalue weighted by molar-refractivity contribution is 7.67. The van der Waals surface area contributed by atoms with Crippen LogP contribution in [0.1, 0.15) is 6.42 Å². The van der Waals surface area contributed by atoms with Crippen LogP contribution >= 0.6 is 8.07 Å². The Bertz CT molecular complexity index is 1120. The number of carbonyl (C=O) groups is 1. The molecule has 1 N–H and O–H groups in total. The van der Waals surface area contributed by atoms with Gasteiger partial charge in [-0.15, -0.1) is 0 Å². The van der Waals surface area contributed by atoms with Crippen LogP contribution in [0.5, 0.6) is 0 Å². The lowest BCUT2D eigenvalue weighted by atomic mass is 10.0. The molecule has 0 fully saturated rings. The minimum atomic E-state index is -0.950. The summed E-state index contributed by atoms with van der Waals surface area (Å²) in [6.45, 7) is 0. The van der Waals surface area contributed by atoms with E-state index in [1.54, 1.807) is 6.08 Å². The zero-order valence-corrected chi connectivity index (χ0v) is 17.9. The quantitative estimate of drug-likeness (QED) is 0.428. The molecule has 3 nitrogen and oxygen atoms in total. The van der Waals surface area contributed by atoms with Gasteiger partial charge in [-0.3, -0.25) is 0 Å². The van der Waals surface area contributed by atoms with Crippen molar-refractivity contribution in [2.75, 3.05) is 0 Å². The van der Waals surface area contributed by atoms with Crippen molar-refractivity contribution in [3.8, 4) is 0 Å². The number of hydrogen-bond acceptors (Lipinski definition) is 1. The number of aliphatic carboxylic acids is 1. The van der Waals surface area contributed by atoms with Gasteiger partial charge in [-0.2, -0.15) is 4.35 Å². The molecule has 0 unspecified atom stereocenters. The lowest BCUT2D eigenvalue weighted by Crippen LogP contribution is -2.25. The highest BCUT2D eigenvalue weighted by atomic mass is 31.1. The highest BCUT2D eigenvalue weighted by Crippen LogP contribution is 2.42. The Morgan fingerprint density at radius 1 is 0.839 bits per heavy atom. The van der Waals surface area contributed by atoms with Gasteiger partial charge in [-0.05, 0) is 36.4 Å². The summed E-state index contributed by atoms with van der Waals surface area (Å²) in [5.41, 5.74) is 3.08. The molecule has 152 valence electrons. The van der Waals surface area contributed by atoms with Gasteiger partial charge in [0.2, 0.25) is 5.69 Å². The van der Waals surface area contributed by atoms with Crippen molar-refractivity contribution in [1.82, 2.24) is 0 Å². The van der Waals surface area contributed by atoms with E-state index in [1.807, 2.05) is 42.5 Å². The molecule has 0 heterocycles. The van der Waals surface area contributed by atoms with Gasteiger partial charge in [0.1, 0.15) is 0 Å². The molecule has 1 aliphatic rings. The van der Waals surface area contributed by atoms with E-state index in [0.29, 0.717) is 0 Å². The maximum absolute atomic E-state index is 11.2. The predicted molar refractivity (Wildman–Crippen MR) is 129 cm³/mol. The van der Waals surface area contributed by atoms with Crippen molar-refractivity contribution in [1.29, 1.82) is 0 Å². The normalized spacial score (nSPS) is 15.2. The average Bonchev–Trinajstić information content (AvgIpc) is 2.83. The number of hydrogen-bond donors (Lipinski definition) is 1. The maximum atomic E-state index is 11.2. The van der Waals surface area contributed by atoms with Crippen LogP contribution < -0.4 is 10.6 Å². The fourth-order valence-corrected chi connectivity index (χ4v) is 6.04. The van der Waals surface area contributed by atoms with Crippen molar-refractivity contribution in [2.45, 2.75) is 6.42 Å². The van der Waals surface area contributed by atoms with Gasteiger partial charge in [0, 0.05) is 34.4 Å². The molecule has 0 atom stereocenters. The lowest BCUT2D eigenvalue weighted by Gasteiger charge is -2.20. The summed E-state index contributed by atoms with van der Waals surface area (Å²) in [7, 11) is -0.926. The molecule has 3 aromatic rings. The topological polar surface area (TPSA) is 40.3 Å². The summed E-state index contributed by atoms with van der Waals surface area (Å²) < 4.78 is 2.39. The van der Waals surface area contributed by atoms with Crippen LogP contribution in [0.25, 0.3) is 0 Å². The molecule has 0 amide bonds. The molecule has 3 aromatic carbocycles. The second-order valence-electron chi connectivity index (χ2n) is 7.00. The molecular weight excluding hydrogens is 401 g/mol. The second kappa shape index (κ2) is 9.97. The highest BCUT2D eigenvalue weighted by Gasteiger charge is 2.33. The monoisotopic (exact) mass is 424 g/mol. The number of carboxylic acid groups (broad SMARTS) is 1. The first-order chi connectivity index (χ1) is 15.2. The van der Waals surface area contributed by atoms with Crippen LogP contribution in [-0.4, -0.2) is 21.1 Å². The number of para-hydroxylation sites is 1. The molecule has 0 aromatic heterocycles.